The van der Waals surface area contributed by atoms with Gasteiger partial charge in [-0.25, -0.2) is 9.97 Å². The topological polar surface area (TPSA) is 62.5 Å². The summed E-state index contributed by atoms with van der Waals surface area (Å²) in [6.07, 6.45) is 3.69. The molecule has 0 saturated carbocycles. The Bertz CT molecular complexity index is 2060. The number of rotatable bonds is 5. The van der Waals surface area contributed by atoms with E-state index in [1.165, 1.54) is 0 Å². The molecule has 0 N–H and O–H groups in total. The first kappa shape index (κ1) is 25.1. The fraction of sp³-hybridized carbons (Fsp3) is 0. The van der Waals surface area contributed by atoms with Gasteiger partial charge in [0.1, 0.15) is 0 Å². The summed E-state index contributed by atoms with van der Waals surface area (Å²) in [5, 5.41) is 11.3. The third kappa shape index (κ3) is 4.81. The molecule has 196 valence electrons. The standard InChI is InChI=1S/C38H24N4/c39-24-26-11-13-27(14-12-26)28-15-18-32(19-16-28)37-38(33-20-17-29-21-22-40-25-34(29)23-33)42-36(31-9-5-2-6-10-31)35(41-37)30-7-3-1-4-8-30/h1-23,25H. The van der Waals surface area contributed by atoms with Crippen LogP contribution in [0.1, 0.15) is 5.56 Å². The Morgan fingerprint density at radius 2 is 0.905 bits per heavy atom. The van der Waals surface area contributed by atoms with E-state index in [2.05, 4.69) is 77.8 Å². The maximum absolute atomic E-state index is 9.17. The van der Waals surface area contributed by atoms with Crippen molar-refractivity contribution in [3.8, 4) is 62.2 Å². The van der Waals surface area contributed by atoms with E-state index in [4.69, 9.17) is 9.97 Å². The SMILES string of the molecule is N#Cc1ccc(-c2ccc(-c3nc(-c4ccccc4)c(-c4ccccc4)nc3-c3ccc4ccncc4c3)cc2)cc1. The summed E-state index contributed by atoms with van der Waals surface area (Å²) < 4.78 is 0. The lowest BCUT2D eigenvalue weighted by molar-refractivity contribution is 1.22. The number of nitrogens with zero attached hydrogens (tertiary/aromatic N) is 4. The monoisotopic (exact) mass is 536 g/mol. The summed E-state index contributed by atoms with van der Waals surface area (Å²) in [5.41, 5.74) is 10.0. The number of hydrogen-bond acceptors (Lipinski definition) is 4. The molecule has 4 heteroatoms. The molecule has 7 rings (SSSR count). The van der Waals surface area contributed by atoms with Gasteiger partial charge in [-0.1, -0.05) is 109 Å². The second-order valence-electron chi connectivity index (χ2n) is 10.1. The predicted octanol–water partition coefficient (Wildman–Crippen LogP) is 9.23. The molecule has 2 aromatic heterocycles. The van der Waals surface area contributed by atoms with Crippen LogP contribution in [0.4, 0.5) is 0 Å². The first-order valence-corrected chi connectivity index (χ1v) is 13.7. The lowest BCUT2D eigenvalue weighted by atomic mass is 9.97. The summed E-state index contributed by atoms with van der Waals surface area (Å²) in [6.45, 7) is 0. The van der Waals surface area contributed by atoms with Crippen molar-refractivity contribution in [3.63, 3.8) is 0 Å². The van der Waals surface area contributed by atoms with Gasteiger partial charge >= 0.3 is 0 Å². The fourth-order valence-corrected chi connectivity index (χ4v) is 5.22. The van der Waals surface area contributed by atoms with Gasteiger partial charge in [0.05, 0.1) is 34.4 Å². The highest BCUT2D eigenvalue weighted by Crippen LogP contribution is 2.38. The summed E-state index contributed by atoms with van der Waals surface area (Å²) in [5.74, 6) is 0. The van der Waals surface area contributed by atoms with Crippen molar-refractivity contribution in [2.75, 3.05) is 0 Å². The zero-order valence-corrected chi connectivity index (χ0v) is 22.6. The molecule has 2 heterocycles. The normalized spacial score (nSPS) is 10.8. The maximum atomic E-state index is 9.17. The molecule has 0 aliphatic carbocycles. The van der Waals surface area contributed by atoms with E-state index in [9.17, 15) is 5.26 Å². The second kappa shape index (κ2) is 10.9. The van der Waals surface area contributed by atoms with Crippen LogP contribution in [-0.4, -0.2) is 15.0 Å². The van der Waals surface area contributed by atoms with Crippen molar-refractivity contribution in [2.24, 2.45) is 0 Å². The Balaban J connectivity index is 1.45. The second-order valence-corrected chi connectivity index (χ2v) is 10.1. The number of aromatic nitrogens is 3. The van der Waals surface area contributed by atoms with Crippen LogP contribution < -0.4 is 0 Å². The van der Waals surface area contributed by atoms with Crippen molar-refractivity contribution >= 4 is 10.8 Å². The van der Waals surface area contributed by atoms with Gasteiger partial charge in [-0.05, 0) is 40.8 Å². The van der Waals surface area contributed by atoms with Gasteiger partial charge in [-0.15, -0.1) is 0 Å². The molecule has 0 saturated heterocycles. The summed E-state index contributed by atoms with van der Waals surface area (Å²) >= 11 is 0. The molecular weight excluding hydrogens is 512 g/mol. The van der Waals surface area contributed by atoms with Gasteiger partial charge in [0.25, 0.3) is 0 Å². The van der Waals surface area contributed by atoms with Crippen LogP contribution in [0.3, 0.4) is 0 Å². The molecule has 0 aliphatic heterocycles. The Morgan fingerprint density at radius 1 is 0.429 bits per heavy atom. The van der Waals surface area contributed by atoms with Crippen molar-refractivity contribution in [1.29, 1.82) is 5.26 Å². The molecule has 42 heavy (non-hydrogen) atoms. The van der Waals surface area contributed by atoms with Crippen LogP contribution in [0.5, 0.6) is 0 Å². The smallest absolute Gasteiger partial charge is 0.0991 e. The molecule has 0 atom stereocenters. The van der Waals surface area contributed by atoms with E-state index in [1.807, 2.05) is 79.1 Å². The van der Waals surface area contributed by atoms with Crippen LogP contribution >= 0.6 is 0 Å². The van der Waals surface area contributed by atoms with Gasteiger partial charge in [-0.3, -0.25) is 4.98 Å². The van der Waals surface area contributed by atoms with Crippen molar-refractivity contribution < 1.29 is 0 Å². The number of hydrogen-bond donors (Lipinski definition) is 0. The Morgan fingerprint density at radius 3 is 1.48 bits per heavy atom. The van der Waals surface area contributed by atoms with Crippen LogP contribution in [0.2, 0.25) is 0 Å². The minimum atomic E-state index is 0.646. The lowest BCUT2D eigenvalue weighted by Crippen LogP contribution is -2.01. The molecule has 4 nitrogen and oxygen atoms in total. The third-order valence-electron chi connectivity index (χ3n) is 7.41. The largest absolute Gasteiger partial charge is 0.264 e. The minimum absolute atomic E-state index is 0.646. The van der Waals surface area contributed by atoms with Crippen molar-refractivity contribution in [2.45, 2.75) is 0 Å². The van der Waals surface area contributed by atoms with Crippen LogP contribution in [0, 0.1) is 11.3 Å². The molecule has 0 spiro atoms. The Labute approximate surface area is 244 Å². The number of pyridine rings is 1. The van der Waals surface area contributed by atoms with E-state index < -0.39 is 0 Å². The van der Waals surface area contributed by atoms with E-state index >= 15 is 0 Å². The zero-order valence-electron chi connectivity index (χ0n) is 22.6. The highest BCUT2D eigenvalue weighted by Gasteiger charge is 2.19. The quantitative estimate of drug-likeness (QED) is 0.220. The third-order valence-corrected chi connectivity index (χ3v) is 7.41. The highest BCUT2D eigenvalue weighted by atomic mass is 14.9. The average molecular weight is 537 g/mol. The van der Waals surface area contributed by atoms with Gasteiger partial charge < -0.3 is 0 Å². The van der Waals surface area contributed by atoms with Gasteiger partial charge in [0, 0.05) is 40.0 Å². The molecule has 0 aliphatic rings. The van der Waals surface area contributed by atoms with Crippen molar-refractivity contribution in [3.05, 3.63) is 151 Å². The predicted molar refractivity (Wildman–Crippen MR) is 169 cm³/mol. The molecule has 0 fully saturated rings. The van der Waals surface area contributed by atoms with E-state index in [-0.39, 0.29) is 0 Å². The van der Waals surface area contributed by atoms with E-state index in [0.717, 1.165) is 66.9 Å². The molecule has 0 bridgehead atoms. The molecule has 5 aromatic carbocycles. The molecular formula is C38H24N4. The molecule has 0 unspecified atom stereocenters. The molecule has 0 amide bonds. The summed E-state index contributed by atoms with van der Waals surface area (Å²) in [4.78, 5) is 15.1. The number of benzene rings is 5. The zero-order chi connectivity index (χ0) is 28.3. The Hall–Kier alpha value is -5.92. The number of nitriles is 1. The van der Waals surface area contributed by atoms with E-state index in [1.54, 1.807) is 0 Å². The first-order chi connectivity index (χ1) is 20.8. The van der Waals surface area contributed by atoms with Crippen LogP contribution in [-0.2, 0) is 0 Å². The maximum Gasteiger partial charge on any atom is 0.0991 e. The molecule has 0 radical (unpaired) electrons. The van der Waals surface area contributed by atoms with Gasteiger partial charge in [0.2, 0.25) is 0 Å². The van der Waals surface area contributed by atoms with Crippen LogP contribution in [0.15, 0.2) is 146 Å². The lowest BCUT2D eigenvalue weighted by Gasteiger charge is -2.16. The summed E-state index contributed by atoms with van der Waals surface area (Å²) in [7, 11) is 0. The minimum Gasteiger partial charge on any atom is -0.264 e. The van der Waals surface area contributed by atoms with Gasteiger partial charge in [-0.2, -0.15) is 5.26 Å². The summed E-state index contributed by atoms with van der Waals surface area (Å²) in [6, 6.07) is 47.1. The number of fused-ring (bicyclic) bond motifs is 1. The highest BCUT2D eigenvalue weighted by molar-refractivity contribution is 5.91. The van der Waals surface area contributed by atoms with Crippen LogP contribution in [0.25, 0.3) is 66.9 Å². The Kier molecular flexibility index (Phi) is 6.52. The first-order valence-electron chi connectivity index (χ1n) is 13.7. The van der Waals surface area contributed by atoms with Gasteiger partial charge in [0.15, 0.2) is 0 Å². The molecule has 7 aromatic rings. The van der Waals surface area contributed by atoms with E-state index in [0.29, 0.717) is 5.56 Å². The average Bonchev–Trinajstić information content (AvgIpc) is 3.08. The van der Waals surface area contributed by atoms with Crippen molar-refractivity contribution in [1.82, 2.24) is 15.0 Å². The fourth-order valence-electron chi connectivity index (χ4n) is 5.22.